The molecule has 4 aliphatic rings. The highest BCUT2D eigenvalue weighted by molar-refractivity contribution is 5.98. The third kappa shape index (κ3) is 4.88. The number of oxime groups is 1. The zero-order valence-corrected chi connectivity index (χ0v) is 25.9. The van der Waals surface area contributed by atoms with Gasteiger partial charge in [-0.15, -0.1) is 6.42 Å². The minimum atomic E-state index is -1.05. The van der Waals surface area contributed by atoms with Crippen LogP contribution in [0, 0.1) is 40.9 Å². The smallest absolute Gasteiger partial charge is 0.352 e. The number of methoxy groups -OCH3 is 1. The van der Waals surface area contributed by atoms with Gasteiger partial charge < -0.3 is 30.1 Å². The van der Waals surface area contributed by atoms with Gasteiger partial charge in [-0.2, -0.15) is 0 Å². The number of allylic oxidation sites excluding steroid dienone is 2. The largest absolute Gasteiger partial charge is 0.497 e. The summed E-state index contributed by atoms with van der Waals surface area (Å²) >= 11 is 0. The van der Waals surface area contributed by atoms with Crippen molar-refractivity contribution >= 4 is 28.5 Å². The number of carbonyl (C=O) groups is 2. The topological polar surface area (TPSA) is 133 Å². The number of amides is 1. The number of hydrogen-bond donors (Lipinski definition) is 4. The first-order chi connectivity index (χ1) is 21.0. The number of ether oxygens (including phenoxy) is 1. The van der Waals surface area contributed by atoms with Crippen molar-refractivity contribution < 1.29 is 29.4 Å². The number of carboxylic acids is 1. The number of nitrogens with zero attached hydrogens (tertiary/aromatic N) is 1. The van der Waals surface area contributed by atoms with Crippen LogP contribution in [0.1, 0.15) is 81.3 Å². The molecule has 9 heteroatoms. The number of benzene rings is 1. The van der Waals surface area contributed by atoms with Crippen LogP contribution in [0.4, 0.5) is 0 Å². The SMILES string of the molecule is C#C[C@]1(O)CC[C@H]2[C@@H]3CCC4=C/C(=N\OCC(=O)NCCc5c(C(=O)O)[nH]c6ccc(OC)cc56)CC[C@]4(C)[C@H]3CC[C@@]21C. The lowest BCUT2D eigenvalue weighted by molar-refractivity contribution is -0.125. The summed E-state index contributed by atoms with van der Waals surface area (Å²) in [4.78, 5) is 32.7. The van der Waals surface area contributed by atoms with Gasteiger partial charge in [-0.3, -0.25) is 4.79 Å². The summed E-state index contributed by atoms with van der Waals surface area (Å²) < 4.78 is 5.29. The van der Waals surface area contributed by atoms with E-state index >= 15 is 0 Å². The predicted molar refractivity (Wildman–Crippen MR) is 167 cm³/mol. The lowest BCUT2D eigenvalue weighted by atomic mass is 9.46. The number of aromatic nitrogens is 1. The standard InChI is InChI=1S/C35H43N3O6/c1-5-35(42)16-12-28-25-8-6-21-18-22(10-14-33(21,2)27(25)11-15-34(28,35)3)38-44-20-30(39)36-17-13-24-26-19-23(43-4)7-9-29(26)37-31(24)32(40)41/h1,7,9,18-19,25,27-28,37,42H,6,8,10-17,20H2,2-4H3,(H,36,39)(H,40,41)/b38-22-/t25-,27+,28+,33+,34+,35+/m1/s1. The molecule has 1 heterocycles. The second-order valence-corrected chi connectivity index (χ2v) is 13.7. The monoisotopic (exact) mass is 601 g/mol. The van der Waals surface area contributed by atoms with Crippen molar-refractivity contribution in [3.63, 3.8) is 0 Å². The fourth-order valence-electron chi connectivity index (χ4n) is 9.24. The van der Waals surface area contributed by atoms with Crippen LogP contribution in [0.25, 0.3) is 10.9 Å². The summed E-state index contributed by atoms with van der Waals surface area (Å²) in [5.41, 5.74) is 2.64. The average Bonchev–Trinajstić information content (AvgIpc) is 3.51. The van der Waals surface area contributed by atoms with Gasteiger partial charge >= 0.3 is 5.97 Å². The molecule has 6 rings (SSSR count). The number of aliphatic hydroxyl groups is 1. The molecule has 4 N–H and O–H groups in total. The van der Waals surface area contributed by atoms with E-state index in [1.807, 2.05) is 0 Å². The van der Waals surface area contributed by atoms with E-state index in [0.29, 0.717) is 47.4 Å². The quantitative estimate of drug-likeness (QED) is 0.242. The van der Waals surface area contributed by atoms with Gasteiger partial charge in [0.25, 0.3) is 5.91 Å². The molecule has 0 unspecified atom stereocenters. The Hall–Kier alpha value is -3.77. The normalized spacial score (nSPS) is 33.5. The highest BCUT2D eigenvalue weighted by Gasteiger charge is 2.63. The molecule has 4 aliphatic carbocycles. The fraction of sp³-hybridized carbons (Fsp3) is 0.571. The molecule has 2 aromatic rings. The second-order valence-electron chi connectivity index (χ2n) is 13.7. The number of rotatable bonds is 8. The molecule has 0 radical (unpaired) electrons. The Morgan fingerprint density at radius 2 is 1.95 bits per heavy atom. The van der Waals surface area contributed by atoms with Crippen molar-refractivity contribution in [1.29, 1.82) is 0 Å². The number of terminal acetylenes is 1. The minimum absolute atomic E-state index is 0.107. The molecule has 3 saturated carbocycles. The van der Waals surface area contributed by atoms with Crippen molar-refractivity contribution in [2.75, 3.05) is 20.3 Å². The molecule has 44 heavy (non-hydrogen) atoms. The van der Waals surface area contributed by atoms with E-state index in [0.717, 1.165) is 56.0 Å². The molecular formula is C35H43N3O6. The maximum absolute atomic E-state index is 12.5. The zero-order chi connectivity index (χ0) is 31.3. The van der Waals surface area contributed by atoms with Crippen LogP contribution >= 0.6 is 0 Å². The molecular weight excluding hydrogens is 558 g/mol. The van der Waals surface area contributed by atoms with Crippen molar-refractivity contribution in [3.8, 4) is 18.1 Å². The number of carboxylic acid groups (broad SMARTS) is 1. The number of aromatic carboxylic acids is 1. The van der Waals surface area contributed by atoms with Gasteiger partial charge in [0.15, 0.2) is 6.61 Å². The molecule has 0 aliphatic heterocycles. The Kier molecular flexibility index (Phi) is 7.77. The van der Waals surface area contributed by atoms with Crippen LogP contribution < -0.4 is 10.1 Å². The van der Waals surface area contributed by atoms with Crippen LogP contribution in [0.15, 0.2) is 35.0 Å². The van der Waals surface area contributed by atoms with Crippen LogP contribution in [0.5, 0.6) is 5.75 Å². The number of aromatic amines is 1. The molecule has 0 bridgehead atoms. The third-order valence-electron chi connectivity index (χ3n) is 11.8. The average molecular weight is 602 g/mol. The maximum Gasteiger partial charge on any atom is 0.352 e. The Morgan fingerprint density at radius 3 is 2.70 bits per heavy atom. The Balaban J connectivity index is 1.04. The summed E-state index contributed by atoms with van der Waals surface area (Å²) in [6.45, 7) is 4.68. The van der Waals surface area contributed by atoms with Gasteiger partial charge in [-0.1, -0.05) is 30.5 Å². The molecule has 1 amide bonds. The van der Waals surface area contributed by atoms with E-state index in [1.165, 1.54) is 5.57 Å². The molecule has 3 fully saturated rings. The number of fused-ring (bicyclic) bond motifs is 6. The van der Waals surface area contributed by atoms with Gasteiger partial charge in [0.05, 0.1) is 12.8 Å². The number of hydrogen-bond acceptors (Lipinski definition) is 6. The first-order valence-electron chi connectivity index (χ1n) is 15.8. The van der Waals surface area contributed by atoms with Crippen LogP contribution in [-0.4, -0.2) is 58.6 Å². The van der Waals surface area contributed by atoms with E-state index in [2.05, 4.69) is 41.3 Å². The summed E-state index contributed by atoms with van der Waals surface area (Å²) in [5, 5.41) is 28.8. The fourth-order valence-corrected chi connectivity index (χ4v) is 9.24. The first kappa shape index (κ1) is 30.3. The molecule has 234 valence electrons. The van der Waals surface area contributed by atoms with E-state index in [9.17, 15) is 19.8 Å². The first-order valence-corrected chi connectivity index (χ1v) is 15.8. The van der Waals surface area contributed by atoms with Crippen molar-refractivity contribution in [2.45, 2.75) is 77.2 Å². The van der Waals surface area contributed by atoms with Crippen LogP contribution in [0.3, 0.4) is 0 Å². The van der Waals surface area contributed by atoms with E-state index < -0.39 is 11.6 Å². The predicted octanol–water partition coefficient (Wildman–Crippen LogP) is 5.23. The molecule has 0 saturated heterocycles. The van der Waals surface area contributed by atoms with Gasteiger partial charge in [-0.05, 0) is 111 Å². The van der Waals surface area contributed by atoms with Crippen molar-refractivity contribution in [3.05, 3.63) is 41.1 Å². The molecule has 1 aromatic heterocycles. The van der Waals surface area contributed by atoms with E-state index in [1.54, 1.807) is 25.3 Å². The zero-order valence-electron chi connectivity index (χ0n) is 25.9. The summed E-state index contributed by atoms with van der Waals surface area (Å²) in [6.07, 6.45) is 16.0. The molecule has 6 atom stereocenters. The highest BCUT2D eigenvalue weighted by Crippen LogP contribution is 2.67. The van der Waals surface area contributed by atoms with Crippen LogP contribution in [0.2, 0.25) is 0 Å². The number of carbonyl (C=O) groups excluding carboxylic acids is 1. The lowest BCUT2D eigenvalue weighted by Gasteiger charge is -2.58. The van der Waals surface area contributed by atoms with E-state index in [-0.39, 0.29) is 35.6 Å². The van der Waals surface area contributed by atoms with Crippen LogP contribution in [-0.2, 0) is 16.1 Å². The molecule has 0 spiro atoms. The van der Waals surface area contributed by atoms with Crippen molar-refractivity contribution in [1.82, 2.24) is 10.3 Å². The molecule has 1 aromatic carbocycles. The lowest BCUT2D eigenvalue weighted by Crippen LogP contribution is -2.54. The van der Waals surface area contributed by atoms with Gasteiger partial charge in [0, 0.05) is 22.9 Å². The number of H-pyrrole nitrogens is 1. The van der Waals surface area contributed by atoms with Gasteiger partial charge in [-0.25, -0.2) is 4.79 Å². The third-order valence-corrected chi connectivity index (χ3v) is 11.8. The summed E-state index contributed by atoms with van der Waals surface area (Å²) in [5.74, 6) is 3.65. The molecule has 9 nitrogen and oxygen atoms in total. The van der Waals surface area contributed by atoms with Crippen molar-refractivity contribution in [2.24, 2.45) is 33.7 Å². The second kappa shape index (κ2) is 11.3. The van der Waals surface area contributed by atoms with Gasteiger partial charge in [0.1, 0.15) is 17.0 Å². The maximum atomic E-state index is 12.5. The Labute approximate surface area is 258 Å². The highest BCUT2D eigenvalue weighted by atomic mass is 16.6. The Bertz CT molecular complexity index is 1580. The number of nitrogens with one attached hydrogen (secondary N) is 2. The summed E-state index contributed by atoms with van der Waals surface area (Å²) in [6, 6.07) is 5.35. The Morgan fingerprint density at radius 1 is 1.16 bits per heavy atom. The minimum Gasteiger partial charge on any atom is -0.497 e. The van der Waals surface area contributed by atoms with Gasteiger partial charge in [0.2, 0.25) is 0 Å². The summed E-state index contributed by atoms with van der Waals surface area (Å²) in [7, 11) is 1.56. The van der Waals surface area contributed by atoms with E-state index in [4.69, 9.17) is 16.0 Å².